The first kappa shape index (κ1) is 15.4. The maximum Gasteiger partial charge on any atom is 0.338 e. The van der Waals surface area contributed by atoms with Crippen molar-refractivity contribution in [2.45, 2.75) is 17.4 Å². The highest BCUT2D eigenvalue weighted by atomic mass is 79.9. The molecule has 1 aromatic carbocycles. The molecule has 0 bridgehead atoms. The molecule has 9 heteroatoms. The van der Waals surface area contributed by atoms with Crippen molar-refractivity contribution in [1.82, 2.24) is 4.31 Å². The van der Waals surface area contributed by atoms with Crippen LogP contribution in [0.4, 0.5) is 4.39 Å². The highest BCUT2D eigenvalue weighted by Crippen LogP contribution is 2.31. The number of carbonyl (C=O) groups is 1. The van der Waals surface area contributed by atoms with Gasteiger partial charge in [-0.15, -0.1) is 0 Å². The largest absolute Gasteiger partial charge is 0.478 e. The van der Waals surface area contributed by atoms with Gasteiger partial charge in [0.25, 0.3) is 0 Å². The molecule has 1 saturated heterocycles. The second-order valence-corrected chi connectivity index (χ2v) is 7.66. The van der Waals surface area contributed by atoms with Crippen LogP contribution in [-0.4, -0.2) is 47.6 Å². The van der Waals surface area contributed by atoms with E-state index >= 15 is 0 Å². The molecule has 0 radical (unpaired) electrons. The first-order chi connectivity index (χ1) is 9.04. The summed E-state index contributed by atoms with van der Waals surface area (Å²) in [5, 5.41) is 18.4. The summed E-state index contributed by atoms with van der Waals surface area (Å²) >= 11 is 2.96. The van der Waals surface area contributed by atoms with Gasteiger partial charge in [0.2, 0.25) is 10.0 Å². The minimum atomic E-state index is -4.18. The smallest absolute Gasteiger partial charge is 0.338 e. The zero-order chi connectivity index (χ0) is 15.3. The minimum absolute atomic E-state index is 0.141. The van der Waals surface area contributed by atoms with Crippen LogP contribution < -0.4 is 0 Å². The number of benzene rings is 1. The van der Waals surface area contributed by atoms with Crippen LogP contribution in [0.15, 0.2) is 21.5 Å². The molecule has 1 aliphatic rings. The van der Waals surface area contributed by atoms with Crippen molar-refractivity contribution in [2.75, 3.05) is 13.1 Å². The van der Waals surface area contributed by atoms with Crippen molar-refractivity contribution in [3.63, 3.8) is 0 Å². The lowest BCUT2D eigenvalue weighted by Gasteiger charge is -2.42. The van der Waals surface area contributed by atoms with Crippen LogP contribution in [0.5, 0.6) is 0 Å². The third kappa shape index (κ3) is 2.58. The van der Waals surface area contributed by atoms with Gasteiger partial charge in [0.05, 0.1) is 11.2 Å². The molecular formula is C11H11BrFNO5S. The number of carboxylic acids is 1. The molecule has 1 fully saturated rings. The van der Waals surface area contributed by atoms with Crippen LogP contribution in [0, 0.1) is 5.82 Å². The van der Waals surface area contributed by atoms with Gasteiger partial charge >= 0.3 is 5.97 Å². The van der Waals surface area contributed by atoms with Gasteiger partial charge in [-0.2, -0.15) is 4.31 Å². The average molecular weight is 368 g/mol. The van der Waals surface area contributed by atoms with Crippen molar-refractivity contribution in [3.8, 4) is 0 Å². The first-order valence-electron chi connectivity index (χ1n) is 5.49. The molecule has 0 aliphatic carbocycles. The van der Waals surface area contributed by atoms with Crippen molar-refractivity contribution in [1.29, 1.82) is 0 Å². The Morgan fingerprint density at radius 1 is 1.45 bits per heavy atom. The highest BCUT2D eigenvalue weighted by Gasteiger charge is 2.45. The van der Waals surface area contributed by atoms with Gasteiger partial charge in [-0.3, -0.25) is 0 Å². The number of nitrogens with zero attached hydrogens (tertiary/aromatic N) is 1. The van der Waals surface area contributed by atoms with E-state index in [1.165, 1.54) is 6.92 Å². The Balaban J connectivity index is 2.50. The summed E-state index contributed by atoms with van der Waals surface area (Å²) in [6.07, 6.45) is 0. The molecule has 0 unspecified atom stereocenters. The third-order valence-corrected chi connectivity index (χ3v) is 5.13. The lowest BCUT2D eigenvalue weighted by Crippen LogP contribution is -2.61. The molecule has 6 nitrogen and oxygen atoms in total. The Labute approximate surface area is 123 Å². The van der Waals surface area contributed by atoms with Crippen LogP contribution in [0.2, 0.25) is 0 Å². The fourth-order valence-electron chi connectivity index (χ4n) is 1.93. The van der Waals surface area contributed by atoms with Crippen molar-refractivity contribution in [2.24, 2.45) is 0 Å². The van der Waals surface area contributed by atoms with Gasteiger partial charge in [0.1, 0.15) is 4.90 Å². The Morgan fingerprint density at radius 2 is 2.00 bits per heavy atom. The molecule has 0 spiro atoms. The number of carboxylic acid groups (broad SMARTS) is 1. The zero-order valence-corrected chi connectivity index (χ0v) is 12.7. The molecule has 1 aliphatic heterocycles. The topological polar surface area (TPSA) is 94.9 Å². The number of halogens is 2. The Hall–Kier alpha value is -1.03. The van der Waals surface area contributed by atoms with Gasteiger partial charge in [-0.1, -0.05) is 15.9 Å². The summed E-state index contributed by atoms with van der Waals surface area (Å²) in [5.41, 5.74) is -1.88. The second-order valence-electron chi connectivity index (χ2n) is 4.84. The highest BCUT2D eigenvalue weighted by molar-refractivity contribution is 9.10. The van der Waals surface area contributed by atoms with Crippen LogP contribution in [-0.2, 0) is 10.0 Å². The van der Waals surface area contributed by atoms with Crippen LogP contribution in [0.1, 0.15) is 17.3 Å². The number of sulfonamides is 1. The van der Waals surface area contributed by atoms with Crippen LogP contribution in [0.25, 0.3) is 0 Å². The van der Waals surface area contributed by atoms with E-state index in [1.54, 1.807) is 0 Å². The molecule has 1 aromatic rings. The van der Waals surface area contributed by atoms with E-state index in [0.717, 1.165) is 16.4 Å². The van der Waals surface area contributed by atoms with Crippen molar-refractivity contribution < 1.29 is 27.8 Å². The number of hydrogen-bond donors (Lipinski definition) is 2. The standard InChI is InChI=1S/C11H11BrFNO5S/c1-11(17)4-14(5-11)20(18,19)8-3-6(12)2-7(9(8)13)10(15)16/h2-3,17H,4-5H2,1H3,(H,15,16). The molecule has 0 atom stereocenters. The molecule has 2 N–H and O–H groups in total. The van der Waals surface area contributed by atoms with Crippen LogP contribution >= 0.6 is 15.9 Å². The van der Waals surface area contributed by atoms with Crippen molar-refractivity contribution in [3.05, 3.63) is 28.0 Å². The van der Waals surface area contributed by atoms with Gasteiger partial charge in [-0.05, 0) is 19.1 Å². The monoisotopic (exact) mass is 367 g/mol. The Morgan fingerprint density at radius 3 is 2.45 bits per heavy atom. The number of hydrogen-bond acceptors (Lipinski definition) is 4. The van der Waals surface area contributed by atoms with Gasteiger partial charge in [-0.25, -0.2) is 17.6 Å². The number of aromatic carboxylic acids is 1. The summed E-state index contributed by atoms with van der Waals surface area (Å²) in [6, 6.07) is 1.99. The van der Waals surface area contributed by atoms with E-state index in [4.69, 9.17) is 5.11 Å². The average Bonchev–Trinajstić information content (AvgIpc) is 2.28. The molecule has 110 valence electrons. The number of aliphatic hydroxyl groups is 1. The predicted molar refractivity (Wildman–Crippen MR) is 70.4 cm³/mol. The summed E-state index contributed by atoms with van der Waals surface area (Å²) in [4.78, 5) is 10.2. The summed E-state index contributed by atoms with van der Waals surface area (Å²) in [5.74, 6) is -2.87. The van der Waals surface area contributed by atoms with E-state index in [2.05, 4.69) is 15.9 Å². The normalized spacial score (nSPS) is 18.6. The maximum atomic E-state index is 14.0. The van der Waals surface area contributed by atoms with Crippen molar-refractivity contribution >= 4 is 31.9 Å². The second kappa shape index (κ2) is 4.76. The van der Waals surface area contributed by atoms with E-state index in [1.807, 2.05) is 0 Å². The maximum absolute atomic E-state index is 14.0. The number of rotatable bonds is 3. The minimum Gasteiger partial charge on any atom is -0.478 e. The SMILES string of the molecule is CC1(O)CN(S(=O)(=O)c2cc(Br)cc(C(=O)O)c2F)C1. The quantitative estimate of drug-likeness (QED) is 0.832. The summed E-state index contributed by atoms with van der Waals surface area (Å²) in [6.45, 7) is 1.13. The fraction of sp³-hybridized carbons (Fsp3) is 0.364. The lowest BCUT2D eigenvalue weighted by molar-refractivity contribution is -0.0427. The fourth-order valence-corrected chi connectivity index (χ4v) is 4.33. The number of β-amino-alcohol motifs (C(OH)–C–C–N with tert-alkyl or cyclic N) is 1. The molecule has 1 heterocycles. The molecular weight excluding hydrogens is 357 g/mol. The summed E-state index contributed by atoms with van der Waals surface area (Å²) in [7, 11) is -4.18. The summed E-state index contributed by atoms with van der Waals surface area (Å²) < 4.78 is 39.5. The molecule has 0 aromatic heterocycles. The van der Waals surface area contributed by atoms with Gasteiger partial charge < -0.3 is 10.2 Å². The molecule has 0 amide bonds. The molecule has 20 heavy (non-hydrogen) atoms. The van der Waals surface area contributed by atoms with E-state index in [9.17, 15) is 22.7 Å². The third-order valence-electron chi connectivity index (χ3n) is 2.89. The Kier molecular flexibility index (Phi) is 3.66. The van der Waals surface area contributed by atoms with Gasteiger partial charge in [0.15, 0.2) is 5.82 Å². The van der Waals surface area contributed by atoms with E-state index in [-0.39, 0.29) is 17.6 Å². The zero-order valence-electron chi connectivity index (χ0n) is 10.3. The lowest BCUT2D eigenvalue weighted by atomic mass is 10.0. The van der Waals surface area contributed by atoms with Gasteiger partial charge in [0, 0.05) is 17.6 Å². The predicted octanol–water partition coefficient (Wildman–Crippen LogP) is 1.04. The Bertz CT molecular complexity index is 680. The first-order valence-corrected chi connectivity index (χ1v) is 7.73. The van der Waals surface area contributed by atoms with E-state index in [0.29, 0.717) is 0 Å². The van der Waals surface area contributed by atoms with Crippen LogP contribution in [0.3, 0.4) is 0 Å². The molecule has 0 saturated carbocycles. The molecule has 2 rings (SSSR count). The van der Waals surface area contributed by atoms with E-state index < -0.39 is 37.9 Å².